The molecule has 1 heterocycles. The number of nitrogens with one attached hydrogen (secondary N) is 1. The van der Waals surface area contributed by atoms with E-state index in [9.17, 15) is 0 Å². The molecule has 0 saturated heterocycles. The van der Waals surface area contributed by atoms with Crippen molar-refractivity contribution in [3.63, 3.8) is 0 Å². The summed E-state index contributed by atoms with van der Waals surface area (Å²) < 4.78 is 0. The molecule has 94 valence electrons. The van der Waals surface area contributed by atoms with Crippen molar-refractivity contribution in [3.8, 4) is 0 Å². The van der Waals surface area contributed by atoms with Crippen molar-refractivity contribution >= 4 is 24.0 Å². The summed E-state index contributed by atoms with van der Waals surface area (Å²) in [7, 11) is 0. The molecule has 0 saturated carbocycles. The maximum atomic E-state index is 4.52. The van der Waals surface area contributed by atoms with Crippen molar-refractivity contribution in [2.75, 3.05) is 0 Å². The zero-order chi connectivity index (χ0) is 13.1. The molecule has 19 heavy (non-hydrogen) atoms. The molecule has 3 rings (SSSR count). The standard InChI is InChI=1S/C16H14N2S/c19-16-17-14(12-7-3-1-4-8-12)11-15(18-16)13-9-5-2-6-10-13/h1-11,16-17,19H. The van der Waals surface area contributed by atoms with E-state index in [0.717, 1.165) is 22.5 Å². The smallest absolute Gasteiger partial charge is 0.164 e. The summed E-state index contributed by atoms with van der Waals surface area (Å²) in [6, 6.07) is 20.4. The van der Waals surface area contributed by atoms with Gasteiger partial charge in [0.1, 0.15) is 0 Å². The van der Waals surface area contributed by atoms with Crippen molar-refractivity contribution in [3.05, 3.63) is 77.9 Å². The molecule has 2 nitrogen and oxygen atoms in total. The third-order valence-electron chi connectivity index (χ3n) is 2.98. The van der Waals surface area contributed by atoms with E-state index in [4.69, 9.17) is 0 Å². The van der Waals surface area contributed by atoms with Crippen LogP contribution in [0.1, 0.15) is 11.1 Å². The number of aliphatic imine (C=N–C) groups is 1. The lowest BCUT2D eigenvalue weighted by molar-refractivity contribution is 0.837. The summed E-state index contributed by atoms with van der Waals surface area (Å²) >= 11 is 4.44. The van der Waals surface area contributed by atoms with Crippen LogP contribution in [0.4, 0.5) is 0 Å². The molecule has 0 spiro atoms. The van der Waals surface area contributed by atoms with Gasteiger partial charge in [0.05, 0.1) is 5.71 Å². The summed E-state index contributed by atoms with van der Waals surface area (Å²) in [4.78, 5) is 4.52. The maximum Gasteiger partial charge on any atom is 0.164 e. The van der Waals surface area contributed by atoms with Crippen LogP contribution in [-0.2, 0) is 0 Å². The van der Waals surface area contributed by atoms with Crippen LogP contribution in [0.15, 0.2) is 71.7 Å². The Balaban J connectivity index is 2.00. The normalized spacial score (nSPS) is 18.3. The predicted molar refractivity (Wildman–Crippen MR) is 83.3 cm³/mol. The van der Waals surface area contributed by atoms with Crippen molar-refractivity contribution in [1.82, 2.24) is 5.32 Å². The van der Waals surface area contributed by atoms with Crippen molar-refractivity contribution in [2.24, 2.45) is 4.99 Å². The van der Waals surface area contributed by atoms with Crippen LogP contribution in [0.25, 0.3) is 5.70 Å². The third-order valence-corrected chi connectivity index (χ3v) is 3.23. The molecule has 0 aromatic heterocycles. The first-order chi connectivity index (χ1) is 9.33. The summed E-state index contributed by atoms with van der Waals surface area (Å²) in [5, 5.41) is 3.27. The fraction of sp³-hybridized carbons (Fsp3) is 0.0625. The Labute approximate surface area is 118 Å². The van der Waals surface area contributed by atoms with Crippen LogP contribution >= 0.6 is 12.6 Å². The molecule has 1 aliphatic heterocycles. The number of nitrogens with zero attached hydrogens (tertiary/aromatic N) is 1. The largest absolute Gasteiger partial charge is 0.355 e. The molecule has 1 N–H and O–H groups in total. The fourth-order valence-electron chi connectivity index (χ4n) is 2.07. The van der Waals surface area contributed by atoms with Gasteiger partial charge in [-0.05, 0) is 17.2 Å². The molecule has 0 radical (unpaired) electrons. The van der Waals surface area contributed by atoms with Gasteiger partial charge >= 0.3 is 0 Å². The molecule has 2 aromatic rings. The molecule has 1 atom stereocenters. The van der Waals surface area contributed by atoms with Gasteiger partial charge in [-0.25, -0.2) is 4.99 Å². The van der Waals surface area contributed by atoms with Gasteiger partial charge in [0.15, 0.2) is 5.50 Å². The highest BCUT2D eigenvalue weighted by atomic mass is 32.1. The van der Waals surface area contributed by atoms with Crippen LogP contribution in [0, 0.1) is 0 Å². The Kier molecular flexibility index (Phi) is 3.38. The lowest BCUT2D eigenvalue weighted by Gasteiger charge is -2.20. The third kappa shape index (κ3) is 2.71. The van der Waals surface area contributed by atoms with Crippen LogP contribution in [0.3, 0.4) is 0 Å². The van der Waals surface area contributed by atoms with E-state index >= 15 is 0 Å². The molecular weight excluding hydrogens is 252 g/mol. The highest BCUT2D eigenvalue weighted by molar-refractivity contribution is 7.80. The minimum absolute atomic E-state index is 0.213. The van der Waals surface area contributed by atoms with E-state index in [2.05, 4.69) is 53.3 Å². The molecule has 0 amide bonds. The summed E-state index contributed by atoms with van der Waals surface area (Å²) in [5.74, 6) is 0. The number of hydrogen-bond donors (Lipinski definition) is 2. The van der Waals surface area contributed by atoms with E-state index in [0.29, 0.717) is 0 Å². The molecular formula is C16H14N2S. The minimum Gasteiger partial charge on any atom is -0.355 e. The highest BCUT2D eigenvalue weighted by Crippen LogP contribution is 2.19. The molecule has 0 aliphatic carbocycles. The maximum absolute atomic E-state index is 4.52. The minimum atomic E-state index is -0.213. The fourth-order valence-corrected chi connectivity index (χ4v) is 2.33. The van der Waals surface area contributed by atoms with Gasteiger partial charge in [0, 0.05) is 5.70 Å². The van der Waals surface area contributed by atoms with Crippen LogP contribution in [-0.4, -0.2) is 11.2 Å². The molecule has 0 bridgehead atoms. The van der Waals surface area contributed by atoms with Crippen LogP contribution in [0.2, 0.25) is 0 Å². The number of hydrogen-bond acceptors (Lipinski definition) is 3. The lowest BCUT2D eigenvalue weighted by Crippen LogP contribution is -2.26. The van der Waals surface area contributed by atoms with E-state index in [1.54, 1.807) is 0 Å². The first-order valence-corrected chi connectivity index (χ1v) is 6.69. The molecule has 1 unspecified atom stereocenters. The topological polar surface area (TPSA) is 24.4 Å². The van der Waals surface area contributed by atoms with Crippen molar-refractivity contribution in [2.45, 2.75) is 5.50 Å². The van der Waals surface area contributed by atoms with Gasteiger partial charge in [-0.1, -0.05) is 60.7 Å². The highest BCUT2D eigenvalue weighted by Gasteiger charge is 2.14. The van der Waals surface area contributed by atoms with E-state index in [1.807, 2.05) is 36.4 Å². The molecule has 3 heteroatoms. The second-order valence-electron chi connectivity index (χ2n) is 4.32. The van der Waals surface area contributed by atoms with E-state index in [-0.39, 0.29) is 5.50 Å². The number of allylic oxidation sites excluding steroid dienone is 1. The first-order valence-electron chi connectivity index (χ1n) is 6.18. The average Bonchev–Trinajstić information content (AvgIpc) is 2.48. The number of thiol groups is 1. The van der Waals surface area contributed by atoms with Gasteiger partial charge in [-0.15, -0.1) is 12.6 Å². The second-order valence-corrected chi connectivity index (χ2v) is 4.81. The van der Waals surface area contributed by atoms with Crippen molar-refractivity contribution in [1.29, 1.82) is 0 Å². The summed E-state index contributed by atoms with van der Waals surface area (Å²) in [5.41, 5.74) is 4.05. The molecule has 1 aliphatic rings. The Morgan fingerprint density at radius 1 is 0.842 bits per heavy atom. The van der Waals surface area contributed by atoms with Crippen molar-refractivity contribution < 1.29 is 0 Å². The zero-order valence-corrected chi connectivity index (χ0v) is 11.2. The van der Waals surface area contributed by atoms with Gasteiger partial charge in [0.2, 0.25) is 0 Å². The lowest BCUT2D eigenvalue weighted by atomic mass is 10.0. The van der Waals surface area contributed by atoms with E-state index in [1.165, 1.54) is 0 Å². The molecule has 0 fully saturated rings. The Morgan fingerprint density at radius 2 is 1.42 bits per heavy atom. The monoisotopic (exact) mass is 266 g/mol. The Morgan fingerprint density at radius 3 is 2.05 bits per heavy atom. The molecule has 2 aromatic carbocycles. The van der Waals surface area contributed by atoms with Gasteiger partial charge in [-0.3, -0.25) is 0 Å². The zero-order valence-electron chi connectivity index (χ0n) is 10.3. The summed E-state index contributed by atoms with van der Waals surface area (Å²) in [6.45, 7) is 0. The van der Waals surface area contributed by atoms with Gasteiger partial charge < -0.3 is 5.32 Å². The predicted octanol–water partition coefficient (Wildman–Crippen LogP) is 3.33. The first kappa shape index (κ1) is 12.1. The number of rotatable bonds is 2. The van der Waals surface area contributed by atoms with Gasteiger partial charge in [-0.2, -0.15) is 0 Å². The Hall–Kier alpha value is -2.00. The average molecular weight is 266 g/mol. The summed E-state index contributed by atoms with van der Waals surface area (Å²) in [6.07, 6.45) is 2.07. The van der Waals surface area contributed by atoms with Gasteiger partial charge in [0.25, 0.3) is 0 Å². The Bertz CT molecular complexity index is 618. The second kappa shape index (κ2) is 5.33. The number of benzene rings is 2. The SMILES string of the molecule is SC1N=C(c2ccccc2)C=C(c2ccccc2)N1. The van der Waals surface area contributed by atoms with E-state index < -0.39 is 0 Å². The quantitative estimate of drug-likeness (QED) is 0.801. The van der Waals surface area contributed by atoms with Crippen LogP contribution in [0.5, 0.6) is 0 Å². The van der Waals surface area contributed by atoms with Crippen LogP contribution < -0.4 is 5.32 Å².